The molecule has 0 aliphatic carbocycles. The number of halogens is 1. The SMILES string of the molecule is O=C(COc1cccc(-c2nnc3n2CCCC3)c1)NCc1ccc(F)cc1. The van der Waals surface area contributed by atoms with Crippen molar-refractivity contribution >= 4 is 5.91 Å². The van der Waals surface area contributed by atoms with Crippen molar-refractivity contribution in [2.45, 2.75) is 32.4 Å². The van der Waals surface area contributed by atoms with Crippen molar-refractivity contribution in [3.63, 3.8) is 0 Å². The van der Waals surface area contributed by atoms with Crippen LogP contribution in [0, 0.1) is 5.82 Å². The summed E-state index contributed by atoms with van der Waals surface area (Å²) in [6, 6.07) is 13.5. The van der Waals surface area contributed by atoms with E-state index >= 15 is 0 Å². The fourth-order valence-electron chi connectivity index (χ4n) is 3.25. The zero-order valence-corrected chi connectivity index (χ0v) is 15.4. The topological polar surface area (TPSA) is 69.0 Å². The van der Waals surface area contributed by atoms with Crippen molar-refractivity contribution in [2.75, 3.05) is 6.61 Å². The Hall–Kier alpha value is -3.22. The van der Waals surface area contributed by atoms with E-state index in [-0.39, 0.29) is 18.3 Å². The lowest BCUT2D eigenvalue weighted by Crippen LogP contribution is -2.28. The number of carbonyl (C=O) groups excluding carboxylic acids is 1. The zero-order chi connectivity index (χ0) is 19.3. The number of ether oxygens (including phenoxy) is 1. The van der Waals surface area contributed by atoms with Crippen LogP contribution in [-0.2, 0) is 24.3 Å². The van der Waals surface area contributed by atoms with Gasteiger partial charge in [0, 0.05) is 25.1 Å². The summed E-state index contributed by atoms with van der Waals surface area (Å²) in [5.41, 5.74) is 1.75. The molecule has 1 aliphatic heterocycles. The van der Waals surface area contributed by atoms with Crippen LogP contribution in [0.2, 0.25) is 0 Å². The van der Waals surface area contributed by atoms with Gasteiger partial charge in [-0.15, -0.1) is 10.2 Å². The second-order valence-corrected chi connectivity index (χ2v) is 6.77. The number of aryl methyl sites for hydroxylation is 1. The molecular formula is C21H21FN4O2. The Labute approximate surface area is 162 Å². The molecule has 6 nitrogen and oxygen atoms in total. The van der Waals surface area contributed by atoms with Crippen LogP contribution in [-0.4, -0.2) is 27.3 Å². The van der Waals surface area contributed by atoms with Gasteiger partial charge in [0.05, 0.1) is 0 Å². The molecule has 1 amide bonds. The molecule has 1 aromatic heterocycles. The zero-order valence-electron chi connectivity index (χ0n) is 15.4. The van der Waals surface area contributed by atoms with Crippen LogP contribution in [0.3, 0.4) is 0 Å². The average Bonchev–Trinajstić information content (AvgIpc) is 3.16. The maximum Gasteiger partial charge on any atom is 0.258 e. The molecule has 28 heavy (non-hydrogen) atoms. The van der Waals surface area contributed by atoms with Gasteiger partial charge in [-0.1, -0.05) is 24.3 Å². The van der Waals surface area contributed by atoms with Crippen molar-refractivity contribution in [1.29, 1.82) is 0 Å². The van der Waals surface area contributed by atoms with E-state index in [1.807, 2.05) is 24.3 Å². The lowest BCUT2D eigenvalue weighted by Gasteiger charge is -2.15. The standard InChI is InChI=1S/C21H21FN4O2/c22-17-9-7-15(8-10-17)13-23-20(27)14-28-18-5-3-4-16(12-18)21-25-24-19-6-1-2-11-26(19)21/h3-5,7-10,12H,1-2,6,11,13-14H2,(H,23,27). The molecule has 0 bridgehead atoms. The van der Waals surface area contributed by atoms with Crippen LogP contribution in [0.4, 0.5) is 4.39 Å². The van der Waals surface area contributed by atoms with Gasteiger partial charge in [0.2, 0.25) is 0 Å². The number of aromatic nitrogens is 3. The fraction of sp³-hybridized carbons (Fsp3) is 0.286. The monoisotopic (exact) mass is 380 g/mol. The lowest BCUT2D eigenvalue weighted by molar-refractivity contribution is -0.123. The third-order valence-electron chi connectivity index (χ3n) is 4.72. The molecule has 0 spiro atoms. The molecule has 3 aromatic rings. The Morgan fingerprint density at radius 1 is 1.14 bits per heavy atom. The quantitative estimate of drug-likeness (QED) is 0.713. The first-order valence-electron chi connectivity index (χ1n) is 9.35. The molecule has 7 heteroatoms. The van der Waals surface area contributed by atoms with E-state index in [2.05, 4.69) is 20.1 Å². The van der Waals surface area contributed by atoms with Crippen LogP contribution in [0.1, 0.15) is 24.2 Å². The van der Waals surface area contributed by atoms with Gasteiger partial charge in [0.15, 0.2) is 12.4 Å². The third-order valence-corrected chi connectivity index (χ3v) is 4.72. The van der Waals surface area contributed by atoms with Gasteiger partial charge >= 0.3 is 0 Å². The van der Waals surface area contributed by atoms with Crippen molar-refractivity contribution < 1.29 is 13.9 Å². The van der Waals surface area contributed by atoms with E-state index in [1.54, 1.807) is 12.1 Å². The smallest absolute Gasteiger partial charge is 0.258 e. The van der Waals surface area contributed by atoms with E-state index in [4.69, 9.17) is 4.74 Å². The van der Waals surface area contributed by atoms with Crippen molar-refractivity contribution in [1.82, 2.24) is 20.1 Å². The normalized spacial score (nSPS) is 13.0. The number of carbonyl (C=O) groups is 1. The number of amides is 1. The number of hydrogen-bond acceptors (Lipinski definition) is 4. The molecule has 1 N–H and O–H groups in total. The van der Waals surface area contributed by atoms with Crippen molar-refractivity contribution in [3.8, 4) is 17.1 Å². The van der Waals surface area contributed by atoms with Gasteiger partial charge < -0.3 is 14.6 Å². The van der Waals surface area contributed by atoms with Crippen LogP contribution >= 0.6 is 0 Å². The predicted octanol–water partition coefficient (Wildman–Crippen LogP) is 3.12. The fourth-order valence-corrected chi connectivity index (χ4v) is 3.25. The lowest BCUT2D eigenvalue weighted by atomic mass is 10.1. The Morgan fingerprint density at radius 3 is 2.86 bits per heavy atom. The Morgan fingerprint density at radius 2 is 2.00 bits per heavy atom. The minimum atomic E-state index is -0.299. The van der Waals surface area contributed by atoms with Crippen molar-refractivity contribution in [3.05, 3.63) is 65.7 Å². The highest BCUT2D eigenvalue weighted by molar-refractivity contribution is 5.77. The van der Waals surface area contributed by atoms with E-state index in [0.717, 1.165) is 48.6 Å². The van der Waals surface area contributed by atoms with Crippen LogP contribution < -0.4 is 10.1 Å². The van der Waals surface area contributed by atoms with E-state index in [9.17, 15) is 9.18 Å². The molecule has 2 aromatic carbocycles. The Kier molecular flexibility index (Phi) is 5.32. The molecular weight excluding hydrogens is 359 g/mol. The second-order valence-electron chi connectivity index (χ2n) is 6.77. The van der Waals surface area contributed by atoms with Gasteiger partial charge in [-0.2, -0.15) is 0 Å². The summed E-state index contributed by atoms with van der Waals surface area (Å²) in [6.07, 6.45) is 3.23. The van der Waals surface area contributed by atoms with Crippen molar-refractivity contribution in [2.24, 2.45) is 0 Å². The highest BCUT2D eigenvalue weighted by atomic mass is 19.1. The summed E-state index contributed by atoms with van der Waals surface area (Å²) in [4.78, 5) is 12.0. The molecule has 2 heterocycles. The summed E-state index contributed by atoms with van der Waals surface area (Å²) in [5.74, 6) is 1.91. The number of nitrogens with zero attached hydrogens (tertiary/aromatic N) is 3. The summed E-state index contributed by atoms with van der Waals surface area (Å²) >= 11 is 0. The third kappa shape index (κ3) is 4.19. The highest BCUT2D eigenvalue weighted by Gasteiger charge is 2.17. The minimum absolute atomic E-state index is 0.0947. The summed E-state index contributed by atoms with van der Waals surface area (Å²) in [5, 5.41) is 11.4. The molecule has 0 saturated carbocycles. The predicted molar refractivity (Wildman–Crippen MR) is 102 cm³/mol. The Bertz CT molecular complexity index is 969. The number of nitrogens with one attached hydrogen (secondary N) is 1. The summed E-state index contributed by atoms with van der Waals surface area (Å²) in [6.45, 7) is 1.16. The number of fused-ring (bicyclic) bond motifs is 1. The molecule has 0 saturated heterocycles. The van der Waals surface area contributed by atoms with E-state index in [1.165, 1.54) is 12.1 Å². The first-order valence-corrected chi connectivity index (χ1v) is 9.35. The summed E-state index contributed by atoms with van der Waals surface area (Å²) < 4.78 is 20.7. The molecule has 144 valence electrons. The maximum absolute atomic E-state index is 12.9. The first kappa shape index (κ1) is 18.2. The second kappa shape index (κ2) is 8.21. The van der Waals surface area contributed by atoms with Crippen LogP contribution in [0.5, 0.6) is 5.75 Å². The van der Waals surface area contributed by atoms with Gasteiger partial charge in [-0.05, 0) is 42.7 Å². The Balaban J connectivity index is 1.35. The number of benzene rings is 2. The van der Waals surface area contributed by atoms with E-state index < -0.39 is 0 Å². The molecule has 0 unspecified atom stereocenters. The van der Waals surface area contributed by atoms with Gasteiger partial charge in [-0.25, -0.2) is 4.39 Å². The van der Waals surface area contributed by atoms with Crippen LogP contribution in [0.15, 0.2) is 48.5 Å². The first-order chi connectivity index (χ1) is 13.7. The molecule has 1 aliphatic rings. The van der Waals surface area contributed by atoms with Crippen LogP contribution in [0.25, 0.3) is 11.4 Å². The minimum Gasteiger partial charge on any atom is -0.484 e. The largest absolute Gasteiger partial charge is 0.484 e. The maximum atomic E-state index is 12.9. The molecule has 0 fully saturated rings. The molecule has 0 atom stereocenters. The van der Waals surface area contributed by atoms with E-state index in [0.29, 0.717) is 12.3 Å². The van der Waals surface area contributed by atoms with Gasteiger partial charge in [-0.3, -0.25) is 4.79 Å². The average molecular weight is 380 g/mol. The molecule has 4 rings (SSSR count). The molecule has 0 radical (unpaired) electrons. The van der Waals surface area contributed by atoms with Gasteiger partial charge in [0.25, 0.3) is 5.91 Å². The van der Waals surface area contributed by atoms with Gasteiger partial charge in [0.1, 0.15) is 17.4 Å². The number of rotatable bonds is 6. The summed E-state index contributed by atoms with van der Waals surface area (Å²) in [7, 11) is 0. The number of hydrogen-bond donors (Lipinski definition) is 1. The highest BCUT2D eigenvalue weighted by Crippen LogP contribution is 2.25.